The van der Waals surface area contributed by atoms with Crippen LogP contribution in [0.15, 0.2) is 18.2 Å². The molecule has 0 aliphatic carbocycles. The van der Waals surface area contributed by atoms with E-state index in [2.05, 4.69) is 5.32 Å². The van der Waals surface area contributed by atoms with Crippen LogP contribution >= 0.6 is 12.4 Å². The van der Waals surface area contributed by atoms with Gasteiger partial charge >= 0.3 is 0 Å². The van der Waals surface area contributed by atoms with E-state index in [0.29, 0.717) is 26.1 Å². The molecule has 8 heteroatoms. The summed E-state index contributed by atoms with van der Waals surface area (Å²) in [6.07, 6.45) is 1.16. The molecule has 1 saturated heterocycles. The van der Waals surface area contributed by atoms with Gasteiger partial charge in [0.1, 0.15) is 12.4 Å². The topological polar surface area (TPSA) is 73.6 Å². The molecule has 0 bridgehead atoms. The van der Waals surface area contributed by atoms with Gasteiger partial charge in [0.2, 0.25) is 5.91 Å². The zero-order chi connectivity index (χ0) is 16.9. The van der Waals surface area contributed by atoms with Crippen molar-refractivity contribution in [2.24, 2.45) is 11.1 Å². The molecule has 2 rings (SSSR count). The van der Waals surface area contributed by atoms with E-state index in [0.717, 1.165) is 12.1 Å². The second-order valence-electron chi connectivity index (χ2n) is 5.86. The van der Waals surface area contributed by atoms with Crippen molar-refractivity contribution in [2.75, 3.05) is 26.4 Å². The van der Waals surface area contributed by atoms with Gasteiger partial charge in [0.05, 0.1) is 11.5 Å². The molecule has 24 heavy (non-hydrogen) atoms. The molecule has 0 saturated carbocycles. The quantitative estimate of drug-likeness (QED) is 0.810. The molecule has 1 aliphatic rings. The third-order valence-corrected chi connectivity index (χ3v) is 4.08. The number of carbonyl (C=O) groups excluding carboxylic acids is 1. The Kier molecular flexibility index (Phi) is 7.86. The summed E-state index contributed by atoms with van der Waals surface area (Å²) in [5.74, 6) is -1.63. The number of nitrogens with one attached hydrogen (secondary N) is 1. The maximum atomic E-state index is 13.5. The van der Waals surface area contributed by atoms with Crippen LogP contribution < -0.4 is 15.8 Å². The molecular weight excluding hydrogens is 342 g/mol. The van der Waals surface area contributed by atoms with E-state index in [1.54, 1.807) is 6.92 Å². The minimum absolute atomic E-state index is 0. The first-order valence-corrected chi connectivity index (χ1v) is 7.63. The highest BCUT2D eigenvalue weighted by Crippen LogP contribution is 2.29. The molecule has 0 aromatic heterocycles. The minimum Gasteiger partial charge on any atom is -0.488 e. The number of hydrogen-bond donors (Lipinski definition) is 2. The molecule has 0 radical (unpaired) electrons. The molecule has 5 nitrogen and oxygen atoms in total. The summed E-state index contributed by atoms with van der Waals surface area (Å²) in [5.41, 5.74) is 5.16. The Bertz CT molecular complexity index is 554. The van der Waals surface area contributed by atoms with Crippen LogP contribution in [0.4, 0.5) is 8.78 Å². The number of halogens is 3. The summed E-state index contributed by atoms with van der Waals surface area (Å²) in [4.78, 5) is 12.5. The maximum Gasteiger partial charge on any atom is 0.227 e. The summed E-state index contributed by atoms with van der Waals surface area (Å²) in [7, 11) is 0. The number of carbonyl (C=O) groups is 1. The molecule has 3 N–H and O–H groups in total. The van der Waals surface area contributed by atoms with Gasteiger partial charge in [0, 0.05) is 25.8 Å². The Morgan fingerprint density at radius 3 is 2.67 bits per heavy atom. The van der Waals surface area contributed by atoms with Gasteiger partial charge in [0.25, 0.3) is 0 Å². The number of amides is 1. The van der Waals surface area contributed by atoms with Crippen LogP contribution in [-0.4, -0.2) is 38.3 Å². The molecule has 0 spiro atoms. The van der Waals surface area contributed by atoms with Crippen molar-refractivity contribution in [2.45, 2.75) is 25.8 Å². The average molecular weight is 365 g/mol. The largest absolute Gasteiger partial charge is 0.488 e. The second kappa shape index (κ2) is 9.15. The molecule has 1 unspecified atom stereocenters. The van der Waals surface area contributed by atoms with Crippen LogP contribution in [0.1, 0.15) is 19.8 Å². The van der Waals surface area contributed by atoms with Gasteiger partial charge < -0.3 is 20.5 Å². The Morgan fingerprint density at radius 2 is 2.08 bits per heavy atom. The minimum atomic E-state index is -0.772. The highest BCUT2D eigenvalue weighted by atomic mass is 35.5. The number of benzene rings is 1. The molecular formula is C16H23ClF2N2O3. The van der Waals surface area contributed by atoms with Crippen molar-refractivity contribution in [3.63, 3.8) is 0 Å². The zero-order valence-electron chi connectivity index (χ0n) is 13.5. The third-order valence-electron chi connectivity index (χ3n) is 4.08. The van der Waals surface area contributed by atoms with E-state index in [9.17, 15) is 13.6 Å². The summed E-state index contributed by atoms with van der Waals surface area (Å²) < 4.78 is 36.9. The SMILES string of the molecule is CC(COc1ccc(F)cc1F)NC(=O)C1(CN)CCOCC1.Cl. The fraction of sp³-hybridized carbons (Fsp3) is 0.562. The fourth-order valence-electron chi connectivity index (χ4n) is 2.51. The monoisotopic (exact) mass is 364 g/mol. The first-order valence-electron chi connectivity index (χ1n) is 7.63. The second-order valence-corrected chi connectivity index (χ2v) is 5.86. The number of nitrogens with two attached hydrogens (primary N) is 1. The van der Waals surface area contributed by atoms with Crippen LogP contribution in [0.2, 0.25) is 0 Å². The summed E-state index contributed by atoms with van der Waals surface area (Å²) >= 11 is 0. The van der Waals surface area contributed by atoms with Crippen molar-refractivity contribution < 1.29 is 23.0 Å². The standard InChI is InChI=1S/C16H22F2N2O3.ClH/c1-11(9-23-14-3-2-12(17)8-13(14)18)20-15(21)16(10-19)4-6-22-7-5-16;/h2-3,8,11H,4-7,9-10,19H2,1H3,(H,20,21);1H. The van der Waals surface area contributed by atoms with Crippen LogP contribution in [0.25, 0.3) is 0 Å². The average Bonchev–Trinajstić information content (AvgIpc) is 2.54. The summed E-state index contributed by atoms with van der Waals surface area (Å²) in [5, 5.41) is 2.85. The fourth-order valence-corrected chi connectivity index (χ4v) is 2.51. The van der Waals surface area contributed by atoms with Gasteiger partial charge in [-0.15, -0.1) is 12.4 Å². The molecule has 1 aliphatic heterocycles. The molecule has 1 fully saturated rings. The first kappa shape index (κ1) is 20.6. The zero-order valence-corrected chi connectivity index (χ0v) is 14.3. The van der Waals surface area contributed by atoms with Crippen molar-refractivity contribution >= 4 is 18.3 Å². The van der Waals surface area contributed by atoms with Crippen molar-refractivity contribution in [1.82, 2.24) is 5.32 Å². The lowest BCUT2D eigenvalue weighted by Gasteiger charge is -2.35. The van der Waals surface area contributed by atoms with Gasteiger partial charge in [-0.3, -0.25) is 4.79 Å². The van der Waals surface area contributed by atoms with Gasteiger partial charge in [-0.1, -0.05) is 0 Å². The van der Waals surface area contributed by atoms with Crippen LogP contribution in [-0.2, 0) is 9.53 Å². The van der Waals surface area contributed by atoms with E-state index < -0.39 is 17.0 Å². The van der Waals surface area contributed by atoms with E-state index in [-0.39, 0.29) is 43.3 Å². The lowest BCUT2D eigenvalue weighted by atomic mass is 9.79. The lowest BCUT2D eigenvalue weighted by molar-refractivity contribution is -0.136. The first-order chi connectivity index (χ1) is 11.0. The lowest BCUT2D eigenvalue weighted by Crippen LogP contribution is -2.52. The summed E-state index contributed by atoms with van der Waals surface area (Å²) in [6, 6.07) is 2.76. The van der Waals surface area contributed by atoms with Crippen molar-refractivity contribution in [1.29, 1.82) is 0 Å². The van der Waals surface area contributed by atoms with Gasteiger partial charge in [-0.25, -0.2) is 8.78 Å². The predicted molar refractivity (Wildman–Crippen MR) is 88.2 cm³/mol. The normalized spacial score (nSPS) is 17.5. The molecule has 1 aromatic rings. The summed E-state index contributed by atoms with van der Waals surface area (Å²) in [6.45, 7) is 3.10. The molecule has 136 valence electrons. The molecule has 1 heterocycles. The Morgan fingerprint density at radius 1 is 1.42 bits per heavy atom. The number of rotatable bonds is 6. The van der Waals surface area contributed by atoms with Crippen LogP contribution in [0.5, 0.6) is 5.75 Å². The molecule has 1 aromatic carbocycles. The Hall–Kier alpha value is -1.44. The highest BCUT2D eigenvalue weighted by molar-refractivity contribution is 5.85. The Balaban J connectivity index is 0.00000288. The van der Waals surface area contributed by atoms with Crippen LogP contribution in [0.3, 0.4) is 0 Å². The van der Waals surface area contributed by atoms with E-state index >= 15 is 0 Å². The smallest absolute Gasteiger partial charge is 0.227 e. The van der Waals surface area contributed by atoms with E-state index in [4.69, 9.17) is 15.2 Å². The number of hydrogen-bond acceptors (Lipinski definition) is 4. The van der Waals surface area contributed by atoms with Crippen molar-refractivity contribution in [3.05, 3.63) is 29.8 Å². The van der Waals surface area contributed by atoms with E-state index in [1.807, 2.05) is 0 Å². The van der Waals surface area contributed by atoms with Crippen LogP contribution in [0, 0.1) is 17.0 Å². The third kappa shape index (κ3) is 5.03. The highest BCUT2D eigenvalue weighted by Gasteiger charge is 2.39. The predicted octanol–water partition coefficient (Wildman–Crippen LogP) is 2.03. The van der Waals surface area contributed by atoms with Crippen molar-refractivity contribution in [3.8, 4) is 5.75 Å². The molecule has 1 atom stereocenters. The van der Waals surface area contributed by atoms with E-state index in [1.165, 1.54) is 6.07 Å². The maximum absolute atomic E-state index is 13.5. The van der Waals surface area contributed by atoms with Gasteiger partial charge in [0.15, 0.2) is 11.6 Å². The van der Waals surface area contributed by atoms with Gasteiger partial charge in [-0.2, -0.15) is 0 Å². The molecule has 1 amide bonds. The number of ether oxygens (including phenoxy) is 2. The van der Waals surface area contributed by atoms with Gasteiger partial charge in [-0.05, 0) is 31.9 Å². The Labute approximate surface area is 146 Å².